The van der Waals surface area contributed by atoms with Crippen molar-refractivity contribution in [2.45, 2.75) is 65.5 Å². The van der Waals surface area contributed by atoms with E-state index in [2.05, 4.69) is 16.0 Å². The van der Waals surface area contributed by atoms with Crippen LogP contribution in [0.25, 0.3) is 0 Å². The largest absolute Gasteiger partial charge is 0.490 e. The van der Waals surface area contributed by atoms with Gasteiger partial charge in [0.15, 0.2) is 5.78 Å². The maximum atomic E-state index is 13.2. The molecule has 7 N–H and O–H groups in total. The Morgan fingerprint density at radius 3 is 2.28 bits per heavy atom. The van der Waals surface area contributed by atoms with E-state index >= 15 is 0 Å². The summed E-state index contributed by atoms with van der Waals surface area (Å²) in [7, 11) is 1.24. The zero-order chi connectivity index (χ0) is 32.6. The average molecular weight is 610 g/mol. The van der Waals surface area contributed by atoms with Crippen molar-refractivity contribution in [3.05, 3.63) is 23.8 Å². The second-order valence-electron chi connectivity index (χ2n) is 11.2. The van der Waals surface area contributed by atoms with E-state index in [1.54, 1.807) is 20.8 Å². The van der Waals surface area contributed by atoms with E-state index in [0.29, 0.717) is 18.5 Å². The fourth-order valence-corrected chi connectivity index (χ4v) is 3.73. The van der Waals surface area contributed by atoms with Crippen LogP contribution in [0.15, 0.2) is 18.2 Å². The Hall–Kier alpha value is -3.91. The maximum absolute atomic E-state index is 13.2. The van der Waals surface area contributed by atoms with E-state index in [-0.39, 0.29) is 62.3 Å². The molecule has 1 rings (SSSR count). The molecule has 0 aliphatic carbocycles. The Morgan fingerprint density at radius 1 is 0.977 bits per heavy atom. The van der Waals surface area contributed by atoms with Crippen LogP contribution in [0.2, 0.25) is 0 Å². The van der Waals surface area contributed by atoms with Gasteiger partial charge in [0.1, 0.15) is 23.5 Å². The van der Waals surface area contributed by atoms with Gasteiger partial charge in [-0.3, -0.25) is 9.59 Å². The van der Waals surface area contributed by atoms with Crippen molar-refractivity contribution < 1.29 is 42.9 Å². The number of primary amides is 1. The zero-order valence-electron chi connectivity index (χ0n) is 25.9. The molecule has 0 aromatic heterocycles. The van der Waals surface area contributed by atoms with Gasteiger partial charge in [-0.05, 0) is 51.7 Å². The molecule has 0 bridgehead atoms. The van der Waals surface area contributed by atoms with E-state index in [1.807, 2.05) is 13.8 Å². The van der Waals surface area contributed by atoms with Gasteiger partial charge in [0.25, 0.3) is 0 Å². The summed E-state index contributed by atoms with van der Waals surface area (Å²) in [6.07, 6.45) is 0.0806. The molecule has 14 heteroatoms. The van der Waals surface area contributed by atoms with Crippen LogP contribution in [-0.2, 0) is 23.8 Å². The Labute approximate surface area is 252 Å². The number of hydrogen-bond acceptors (Lipinski definition) is 10. The summed E-state index contributed by atoms with van der Waals surface area (Å²) in [6, 6.07) is 3.05. The highest BCUT2D eigenvalue weighted by Gasteiger charge is 2.26. The first-order valence-electron chi connectivity index (χ1n) is 14.2. The van der Waals surface area contributed by atoms with E-state index in [0.717, 1.165) is 0 Å². The van der Waals surface area contributed by atoms with Gasteiger partial charge in [-0.15, -0.1) is 0 Å². The topological polar surface area (TPSA) is 210 Å². The third-order valence-electron chi connectivity index (χ3n) is 5.99. The molecule has 242 valence electrons. The Bertz CT molecular complexity index is 1090. The number of ether oxygens (including phenoxy) is 4. The fraction of sp³-hybridized carbons (Fsp3) is 0.621. The first-order valence-corrected chi connectivity index (χ1v) is 14.2. The van der Waals surface area contributed by atoms with Gasteiger partial charge in [0.05, 0.1) is 26.4 Å². The van der Waals surface area contributed by atoms with Gasteiger partial charge < -0.3 is 46.4 Å². The second kappa shape index (κ2) is 18.6. The third-order valence-corrected chi connectivity index (χ3v) is 5.99. The lowest BCUT2D eigenvalue weighted by atomic mass is 9.90. The lowest BCUT2D eigenvalue weighted by molar-refractivity contribution is -0.127. The SMILES string of the molecule is COC(=O)c1ccc(NC(=O)[C@H](CCCNC(N)=O)CC(=O)[C@@H](N)C(C)C)cc1OCCOCCNC(=O)OC(C)(C)C. The monoisotopic (exact) mass is 609 g/mol. The van der Waals surface area contributed by atoms with Crippen molar-refractivity contribution in [3.63, 3.8) is 0 Å². The summed E-state index contributed by atoms with van der Waals surface area (Å²) >= 11 is 0. The number of nitrogens with two attached hydrogens (primary N) is 2. The van der Waals surface area contributed by atoms with Crippen molar-refractivity contribution in [3.8, 4) is 5.75 Å². The molecule has 0 saturated carbocycles. The molecule has 0 saturated heterocycles. The molecule has 43 heavy (non-hydrogen) atoms. The predicted octanol–water partition coefficient (Wildman–Crippen LogP) is 2.34. The van der Waals surface area contributed by atoms with Crippen LogP contribution in [0.1, 0.15) is 64.2 Å². The number of nitrogens with one attached hydrogen (secondary N) is 3. The van der Waals surface area contributed by atoms with Crippen LogP contribution in [0.5, 0.6) is 5.75 Å². The molecule has 0 aliphatic rings. The minimum atomic E-state index is -0.723. The normalized spacial score (nSPS) is 12.6. The molecule has 14 nitrogen and oxygen atoms in total. The lowest BCUT2D eigenvalue weighted by Gasteiger charge is -2.20. The van der Waals surface area contributed by atoms with E-state index < -0.39 is 41.6 Å². The highest BCUT2D eigenvalue weighted by Crippen LogP contribution is 2.26. The van der Waals surface area contributed by atoms with Gasteiger partial charge in [0.2, 0.25) is 5.91 Å². The number of benzene rings is 1. The summed E-state index contributed by atoms with van der Waals surface area (Å²) < 4.78 is 21.2. The number of anilines is 1. The highest BCUT2D eigenvalue weighted by atomic mass is 16.6. The van der Waals surface area contributed by atoms with Crippen LogP contribution in [-0.4, -0.2) is 81.4 Å². The Kier molecular flexibility index (Phi) is 16.0. The maximum Gasteiger partial charge on any atom is 0.407 e. The van der Waals surface area contributed by atoms with Gasteiger partial charge in [-0.1, -0.05) is 13.8 Å². The standard InChI is InChI=1S/C29H47N5O9/c1-18(2)24(30)22(35)16-19(8-7-11-32-27(31)38)25(36)34-20-9-10-21(26(37)40-6)23(17-20)42-15-14-41-13-12-33-28(39)43-29(3,4)5/h9-10,17-19,24H,7-8,11-16,30H2,1-6H3,(H,33,39)(H,34,36)(H3,31,32,38)/t19-,24+/m1/s1. The number of carbonyl (C=O) groups is 5. The number of hydrogen-bond donors (Lipinski definition) is 5. The summed E-state index contributed by atoms with van der Waals surface area (Å²) in [5, 5.41) is 7.82. The van der Waals surface area contributed by atoms with Crippen LogP contribution in [0.3, 0.4) is 0 Å². The molecule has 4 amide bonds. The molecule has 0 spiro atoms. The first-order chi connectivity index (χ1) is 20.1. The van der Waals surface area contributed by atoms with Crippen LogP contribution < -0.4 is 32.2 Å². The minimum absolute atomic E-state index is 0.0604. The molecule has 1 aromatic carbocycles. The number of amides is 4. The van der Waals surface area contributed by atoms with Crippen molar-refractivity contribution >= 4 is 35.5 Å². The molecule has 0 unspecified atom stereocenters. The summed E-state index contributed by atoms with van der Waals surface area (Å²) in [4.78, 5) is 60.9. The number of rotatable bonds is 18. The molecular formula is C29H47N5O9. The zero-order valence-corrected chi connectivity index (χ0v) is 25.9. The fourth-order valence-electron chi connectivity index (χ4n) is 3.73. The Balaban J connectivity index is 2.85. The number of urea groups is 1. The highest BCUT2D eigenvalue weighted by molar-refractivity contribution is 5.98. The molecule has 0 fully saturated rings. The third kappa shape index (κ3) is 15.2. The van der Waals surface area contributed by atoms with E-state index in [1.165, 1.54) is 25.3 Å². The van der Waals surface area contributed by atoms with Crippen molar-refractivity contribution in [1.29, 1.82) is 0 Å². The minimum Gasteiger partial charge on any atom is -0.490 e. The van der Waals surface area contributed by atoms with Gasteiger partial charge in [-0.25, -0.2) is 14.4 Å². The number of alkyl carbamates (subject to hydrolysis) is 1. The smallest absolute Gasteiger partial charge is 0.407 e. The molecular weight excluding hydrogens is 562 g/mol. The molecule has 1 aromatic rings. The second-order valence-corrected chi connectivity index (χ2v) is 11.2. The number of Topliss-reactive ketones (excluding diaryl/α,β-unsaturated/α-hetero) is 1. The van der Waals surface area contributed by atoms with Gasteiger partial charge >= 0.3 is 18.1 Å². The summed E-state index contributed by atoms with van der Waals surface area (Å²) in [5.41, 5.74) is 11.0. The van der Waals surface area contributed by atoms with Crippen molar-refractivity contribution in [2.75, 3.05) is 45.3 Å². The average Bonchev–Trinajstić information content (AvgIpc) is 2.92. The number of esters is 1. The van der Waals surface area contributed by atoms with Crippen molar-refractivity contribution in [2.24, 2.45) is 23.3 Å². The van der Waals surface area contributed by atoms with Crippen molar-refractivity contribution in [1.82, 2.24) is 10.6 Å². The number of methoxy groups -OCH3 is 1. The summed E-state index contributed by atoms with van der Waals surface area (Å²) in [5.74, 6) is -1.98. The van der Waals surface area contributed by atoms with E-state index in [4.69, 9.17) is 30.4 Å². The van der Waals surface area contributed by atoms with Gasteiger partial charge in [-0.2, -0.15) is 0 Å². The van der Waals surface area contributed by atoms with E-state index in [9.17, 15) is 24.0 Å². The predicted molar refractivity (Wildman–Crippen MR) is 160 cm³/mol. The summed E-state index contributed by atoms with van der Waals surface area (Å²) in [6.45, 7) is 9.83. The molecule has 2 atom stereocenters. The van der Waals surface area contributed by atoms with Gasteiger partial charge in [0, 0.05) is 37.2 Å². The molecule has 0 aliphatic heterocycles. The molecule has 0 heterocycles. The first kappa shape index (κ1) is 37.1. The quantitative estimate of drug-likeness (QED) is 0.121. The Morgan fingerprint density at radius 2 is 1.67 bits per heavy atom. The van der Waals surface area contributed by atoms with Crippen LogP contribution in [0.4, 0.5) is 15.3 Å². The van der Waals surface area contributed by atoms with Crippen LogP contribution >= 0.6 is 0 Å². The molecule has 0 radical (unpaired) electrons. The lowest BCUT2D eigenvalue weighted by Crippen LogP contribution is -2.38. The van der Waals surface area contributed by atoms with Crippen LogP contribution in [0, 0.1) is 11.8 Å². The number of carbonyl (C=O) groups excluding carboxylic acids is 5. The number of ketones is 1.